The van der Waals surface area contributed by atoms with Crippen LogP contribution in [0.15, 0.2) is 6.33 Å². The number of nitrogen functional groups attached to an aromatic ring is 1. The second-order valence-electron chi connectivity index (χ2n) is 5.30. The molecule has 2 aromatic heterocycles. The number of aliphatic hydroxyl groups is 1. The first kappa shape index (κ1) is 14.2. The van der Waals surface area contributed by atoms with Crippen LogP contribution in [0.25, 0.3) is 11.2 Å². The smallest absolute Gasteiger partial charge is 0.222 e. The third kappa shape index (κ3) is 2.15. The van der Waals surface area contributed by atoms with Crippen LogP contribution >= 0.6 is 0 Å². The molecule has 3 heterocycles. The number of aryl methyl sites for hydroxylation is 1. The predicted octanol–water partition coefficient (Wildman–Crippen LogP) is 0.258. The first-order valence-electron chi connectivity index (χ1n) is 6.82. The number of aliphatic hydroxyl groups excluding tert-OH is 1. The predicted molar refractivity (Wildman–Crippen MR) is 75.4 cm³/mol. The van der Waals surface area contributed by atoms with E-state index in [-0.39, 0.29) is 36.9 Å². The fraction of sp³-hybridized carbons (Fsp3) is 0.615. The third-order valence-electron chi connectivity index (χ3n) is 3.99. The molecule has 0 bridgehead atoms. The van der Waals surface area contributed by atoms with Gasteiger partial charge in [0.1, 0.15) is 17.8 Å². The van der Waals surface area contributed by atoms with Crippen LogP contribution in [0, 0.1) is 12.8 Å². The van der Waals surface area contributed by atoms with Gasteiger partial charge >= 0.3 is 0 Å². The summed E-state index contributed by atoms with van der Waals surface area (Å²) < 4.78 is 13.2. The van der Waals surface area contributed by atoms with Gasteiger partial charge in [-0.2, -0.15) is 4.98 Å². The van der Waals surface area contributed by atoms with Crippen LogP contribution < -0.4 is 5.73 Å². The second kappa shape index (κ2) is 5.21. The molecule has 8 heteroatoms. The zero-order valence-electron chi connectivity index (χ0n) is 12.2. The molecular weight excluding hydrogens is 274 g/mol. The van der Waals surface area contributed by atoms with E-state index in [2.05, 4.69) is 15.0 Å². The Labute approximate surface area is 121 Å². The van der Waals surface area contributed by atoms with Crippen molar-refractivity contribution in [3.63, 3.8) is 0 Å². The highest BCUT2D eigenvalue weighted by atomic mass is 16.6. The monoisotopic (exact) mass is 293 g/mol. The van der Waals surface area contributed by atoms with E-state index in [4.69, 9.17) is 15.2 Å². The molecule has 8 nitrogen and oxygen atoms in total. The van der Waals surface area contributed by atoms with Gasteiger partial charge in [-0.3, -0.25) is 4.57 Å². The number of imidazole rings is 1. The fourth-order valence-corrected chi connectivity index (χ4v) is 2.98. The Morgan fingerprint density at radius 2 is 2.24 bits per heavy atom. The fourth-order valence-electron chi connectivity index (χ4n) is 2.98. The van der Waals surface area contributed by atoms with Gasteiger partial charge in [-0.05, 0) is 6.92 Å². The highest BCUT2D eigenvalue weighted by molar-refractivity contribution is 5.74. The van der Waals surface area contributed by atoms with Gasteiger partial charge in [0.25, 0.3) is 0 Å². The molecule has 1 fully saturated rings. The summed E-state index contributed by atoms with van der Waals surface area (Å²) in [6, 6.07) is 0. The number of hydrogen-bond acceptors (Lipinski definition) is 7. The Hall–Kier alpha value is -1.77. The van der Waals surface area contributed by atoms with Crippen LogP contribution in [0.2, 0.25) is 0 Å². The summed E-state index contributed by atoms with van der Waals surface area (Å²) in [5.41, 5.74) is 7.78. The van der Waals surface area contributed by atoms with Gasteiger partial charge in [0, 0.05) is 13.0 Å². The molecule has 3 rings (SSSR count). The summed E-state index contributed by atoms with van der Waals surface area (Å²) in [5, 5.41) is 9.43. The lowest BCUT2D eigenvalue weighted by atomic mass is 10.0. The number of nitrogens with zero attached hydrogens (tertiary/aromatic N) is 4. The lowest BCUT2D eigenvalue weighted by Gasteiger charge is -2.19. The Morgan fingerprint density at radius 3 is 2.86 bits per heavy atom. The molecule has 114 valence electrons. The van der Waals surface area contributed by atoms with Gasteiger partial charge < -0.3 is 20.3 Å². The van der Waals surface area contributed by atoms with Crippen molar-refractivity contribution in [1.82, 2.24) is 19.5 Å². The van der Waals surface area contributed by atoms with E-state index in [0.29, 0.717) is 11.2 Å². The SMILES string of the molecule is COC1C(CO)OC(n2cnc3c(C)nc(N)nc32)C1C. The van der Waals surface area contributed by atoms with Crippen molar-refractivity contribution < 1.29 is 14.6 Å². The Bertz CT molecular complexity index is 659. The average molecular weight is 293 g/mol. The largest absolute Gasteiger partial charge is 0.394 e. The van der Waals surface area contributed by atoms with Crippen molar-refractivity contribution >= 4 is 17.1 Å². The Balaban J connectivity index is 2.05. The molecule has 0 saturated carbocycles. The standard InChI is InChI=1S/C13H19N5O3/c1-6-10(20-3)8(4-19)21-12(6)18-5-15-9-7(2)16-13(14)17-11(9)18/h5-6,8,10,12,19H,4H2,1-3H3,(H2,14,16,17). The third-order valence-corrected chi connectivity index (χ3v) is 3.99. The van der Waals surface area contributed by atoms with Crippen LogP contribution in [-0.4, -0.2) is 50.6 Å². The molecule has 1 aliphatic rings. The van der Waals surface area contributed by atoms with E-state index in [1.165, 1.54) is 0 Å². The van der Waals surface area contributed by atoms with E-state index >= 15 is 0 Å². The van der Waals surface area contributed by atoms with Crippen LogP contribution in [0.3, 0.4) is 0 Å². The molecule has 21 heavy (non-hydrogen) atoms. The molecule has 0 aromatic carbocycles. The zero-order valence-corrected chi connectivity index (χ0v) is 12.2. The van der Waals surface area contributed by atoms with Crippen molar-refractivity contribution in [2.24, 2.45) is 5.92 Å². The molecule has 1 saturated heterocycles. The van der Waals surface area contributed by atoms with Crippen molar-refractivity contribution in [1.29, 1.82) is 0 Å². The normalized spacial score (nSPS) is 29.3. The zero-order chi connectivity index (χ0) is 15.1. The van der Waals surface area contributed by atoms with Gasteiger partial charge in [-0.25, -0.2) is 9.97 Å². The minimum Gasteiger partial charge on any atom is -0.394 e. The summed E-state index contributed by atoms with van der Waals surface area (Å²) >= 11 is 0. The number of aromatic nitrogens is 4. The molecule has 2 aromatic rings. The molecule has 0 radical (unpaired) electrons. The highest BCUT2D eigenvalue weighted by Gasteiger charge is 2.43. The number of anilines is 1. The van der Waals surface area contributed by atoms with Gasteiger partial charge in [-0.15, -0.1) is 0 Å². The number of hydrogen-bond donors (Lipinski definition) is 2. The maximum absolute atomic E-state index is 9.43. The molecule has 1 aliphatic heterocycles. The van der Waals surface area contributed by atoms with Crippen LogP contribution in [0.5, 0.6) is 0 Å². The highest BCUT2D eigenvalue weighted by Crippen LogP contribution is 2.37. The first-order valence-corrected chi connectivity index (χ1v) is 6.82. The van der Waals surface area contributed by atoms with Gasteiger partial charge in [0.15, 0.2) is 5.65 Å². The van der Waals surface area contributed by atoms with Crippen molar-refractivity contribution in [2.45, 2.75) is 32.3 Å². The maximum atomic E-state index is 9.43. The van der Waals surface area contributed by atoms with Crippen LogP contribution in [0.1, 0.15) is 18.8 Å². The van der Waals surface area contributed by atoms with Crippen LogP contribution in [-0.2, 0) is 9.47 Å². The summed E-state index contributed by atoms with van der Waals surface area (Å²) in [6.07, 6.45) is 0.802. The summed E-state index contributed by atoms with van der Waals surface area (Å²) in [6.45, 7) is 3.75. The molecule has 0 aliphatic carbocycles. The molecule has 0 spiro atoms. The summed E-state index contributed by atoms with van der Waals surface area (Å²) in [7, 11) is 1.62. The van der Waals surface area contributed by atoms with Crippen molar-refractivity contribution in [3.05, 3.63) is 12.0 Å². The van der Waals surface area contributed by atoms with Crippen molar-refractivity contribution in [3.8, 4) is 0 Å². The maximum Gasteiger partial charge on any atom is 0.222 e. The minimum absolute atomic E-state index is 0.0426. The molecule has 3 N–H and O–H groups in total. The molecule has 4 atom stereocenters. The average Bonchev–Trinajstić information content (AvgIpc) is 2.99. The van der Waals surface area contributed by atoms with E-state index in [1.807, 2.05) is 18.4 Å². The quantitative estimate of drug-likeness (QED) is 0.835. The molecule has 0 amide bonds. The number of nitrogens with two attached hydrogens (primary N) is 1. The van der Waals surface area contributed by atoms with E-state index in [9.17, 15) is 5.11 Å². The summed E-state index contributed by atoms with van der Waals surface area (Å²) in [4.78, 5) is 12.7. The number of ether oxygens (including phenoxy) is 2. The molecular formula is C13H19N5O3. The van der Waals surface area contributed by atoms with E-state index < -0.39 is 0 Å². The van der Waals surface area contributed by atoms with Gasteiger partial charge in [0.2, 0.25) is 5.95 Å². The first-order chi connectivity index (χ1) is 10.1. The second-order valence-corrected chi connectivity index (χ2v) is 5.30. The minimum atomic E-state index is -0.368. The lowest BCUT2D eigenvalue weighted by molar-refractivity contribution is -0.0515. The Morgan fingerprint density at radius 1 is 1.48 bits per heavy atom. The van der Waals surface area contributed by atoms with Gasteiger partial charge in [-0.1, -0.05) is 6.92 Å². The number of rotatable bonds is 3. The lowest BCUT2D eigenvalue weighted by Crippen LogP contribution is -2.30. The Kier molecular flexibility index (Phi) is 3.52. The van der Waals surface area contributed by atoms with E-state index in [0.717, 1.165) is 5.69 Å². The topological polar surface area (TPSA) is 108 Å². The molecule has 4 unspecified atom stereocenters. The number of methoxy groups -OCH3 is 1. The summed E-state index contributed by atoms with van der Waals surface area (Å²) in [5.74, 6) is 0.246. The van der Waals surface area contributed by atoms with Crippen molar-refractivity contribution in [2.75, 3.05) is 19.5 Å². The van der Waals surface area contributed by atoms with Crippen LogP contribution in [0.4, 0.5) is 5.95 Å². The van der Waals surface area contributed by atoms with Gasteiger partial charge in [0.05, 0.1) is 24.7 Å². The number of fused-ring (bicyclic) bond motifs is 1. The van der Waals surface area contributed by atoms with E-state index in [1.54, 1.807) is 13.4 Å².